The molecule has 32 heavy (non-hydrogen) atoms. The van der Waals surface area contributed by atoms with Gasteiger partial charge in [-0.1, -0.05) is 52.2 Å². The number of anilines is 1. The molecule has 1 amide bonds. The maximum atomic E-state index is 12.0. The highest BCUT2D eigenvalue weighted by Gasteiger charge is 2.14. The van der Waals surface area contributed by atoms with E-state index in [0.29, 0.717) is 48.9 Å². The number of rotatable bonds is 9. The van der Waals surface area contributed by atoms with Crippen molar-refractivity contribution >= 4 is 63.4 Å². The highest BCUT2D eigenvalue weighted by molar-refractivity contribution is 7.15. The fourth-order valence-electron chi connectivity index (χ4n) is 2.55. The second kappa shape index (κ2) is 11.3. The molecule has 0 fully saturated rings. The summed E-state index contributed by atoms with van der Waals surface area (Å²) in [5.74, 6) is 0.449. The third-order valence-electron chi connectivity index (χ3n) is 3.92. The normalized spacial score (nSPS) is 11.0. The Labute approximate surface area is 203 Å². The lowest BCUT2D eigenvalue weighted by Crippen LogP contribution is -2.19. The number of carbonyl (C=O) groups excluding carboxylic acids is 1. The summed E-state index contributed by atoms with van der Waals surface area (Å²) in [6, 6.07) is 8.49. The molecule has 168 valence electrons. The first-order chi connectivity index (χ1) is 15.4. The van der Waals surface area contributed by atoms with E-state index < -0.39 is 0 Å². The zero-order valence-corrected chi connectivity index (χ0v) is 19.9. The van der Waals surface area contributed by atoms with Gasteiger partial charge in [0.15, 0.2) is 11.5 Å². The van der Waals surface area contributed by atoms with Crippen LogP contribution in [-0.2, 0) is 17.8 Å². The fourth-order valence-corrected chi connectivity index (χ4v) is 3.89. The number of hydrogen-bond acceptors (Lipinski definition) is 8. The van der Waals surface area contributed by atoms with Gasteiger partial charge in [-0.2, -0.15) is 5.10 Å². The third-order valence-corrected chi connectivity index (χ3v) is 5.54. The molecular formula is C20H18Cl3N5O3S. The van der Waals surface area contributed by atoms with Crippen LogP contribution in [0.5, 0.6) is 11.5 Å². The topological polar surface area (TPSA) is 112 Å². The minimum atomic E-state index is -0.353. The molecule has 0 aliphatic carbocycles. The van der Waals surface area contributed by atoms with Gasteiger partial charge in [-0.3, -0.25) is 4.79 Å². The Hall–Kier alpha value is -2.59. The van der Waals surface area contributed by atoms with Gasteiger partial charge in [-0.15, -0.1) is 10.2 Å². The number of nitrogens with zero attached hydrogens (tertiary/aromatic N) is 3. The first-order valence-electron chi connectivity index (χ1n) is 9.28. The highest BCUT2D eigenvalue weighted by atomic mass is 35.5. The number of nitrogen functional groups attached to an aromatic ring is 1. The van der Waals surface area contributed by atoms with Crippen LogP contribution in [0.4, 0.5) is 5.13 Å². The van der Waals surface area contributed by atoms with Crippen molar-refractivity contribution in [3.05, 3.63) is 61.5 Å². The van der Waals surface area contributed by atoms with Gasteiger partial charge < -0.3 is 15.2 Å². The molecular weight excluding hydrogens is 497 g/mol. The Morgan fingerprint density at radius 2 is 2.00 bits per heavy atom. The molecule has 8 nitrogen and oxygen atoms in total. The number of amides is 1. The van der Waals surface area contributed by atoms with Crippen LogP contribution in [0.1, 0.15) is 23.1 Å². The van der Waals surface area contributed by atoms with Crippen molar-refractivity contribution in [2.45, 2.75) is 20.0 Å². The summed E-state index contributed by atoms with van der Waals surface area (Å²) in [4.78, 5) is 12.0. The molecule has 0 unspecified atom stereocenters. The summed E-state index contributed by atoms with van der Waals surface area (Å²) >= 11 is 19.7. The molecule has 0 bridgehead atoms. The smallest absolute Gasteiger partial charge is 0.247 e. The third kappa shape index (κ3) is 6.70. The van der Waals surface area contributed by atoms with Crippen molar-refractivity contribution in [3.63, 3.8) is 0 Å². The van der Waals surface area contributed by atoms with E-state index in [-0.39, 0.29) is 18.9 Å². The summed E-state index contributed by atoms with van der Waals surface area (Å²) in [6.07, 6.45) is 1.47. The monoisotopic (exact) mass is 513 g/mol. The molecule has 1 aromatic heterocycles. The summed E-state index contributed by atoms with van der Waals surface area (Å²) in [7, 11) is 0. The predicted octanol–water partition coefficient (Wildman–Crippen LogP) is 4.75. The molecule has 0 aliphatic heterocycles. The average Bonchev–Trinajstić information content (AvgIpc) is 3.13. The van der Waals surface area contributed by atoms with Crippen LogP contribution in [0.2, 0.25) is 15.1 Å². The average molecular weight is 515 g/mol. The van der Waals surface area contributed by atoms with Crippen molar-refractivity contribution in [2.75, 3.05) is 12.3 Å². The van der Waals surface area contributed by atoms with E-state index in [1.807, 2.05) is 6.92 Å². The maximum absolute atomic E-state index is 12.0. The van der Waals surface area contributed by atoms with Gasteiger partial charge in [0.1, 0.15) is 11.6 Å². The number of benzene rings is 2. The molecule has 3 N–H and O–H groups in total. The number of nitrogens with one attached hydrogen (secondary N) is 1. The Bertz CT molecular complexity index is 1140. The number of carbonyl (C=O) groups is 1. The van der Waals surface area contributed by atoms with Crippen molar-refractivity contribution in [1.29, 1.82) is 0 Å². The summed E-state index contributed by atoms with van der Waals surface area (Å²) in [5, 5.41) is 13.5. The zero-order valence-electron chi connectivity index (χ0n) is 16.8. The Balaban J connectivity index is 1.68. The molecule has 2 aromatic carbocycles. The van der Waals surface area contributed by atoms with Crippen molar-refractivity contribution in [1.82, 2.24) is 15.6 Å². The van der Waals surface area contributed by atoms with Crippen LogP contribution >= 0.6 is 46.1 Å². The van der Waals surface area contributed by atoms with Crippen molar-refractivity contribution < 1.29 is 14.3 Å². The predicted molar refractivity (Wildman–Crippen MR) is 127 cm³/mol. The molecule has 12 heteroatoms. The Kier molecular flexibility index (Phi) is 8.52. The fraction of sp³-hybridized carbons (Fsp3) is 0.200. The Morgan fingerprint density at radius 1 is 1.19 bits per heavy atom. The highest BCUT2D eigenvalue weighted by Crippen LogP contribution is 2.37. The zero-order chi connectivity index (χ0) is 23.1. The lowest BCUT2D eigenvalue weighted by molar-refractivity contribution is -0.120. The van der Waals surface area contributed by atoms with Gasteiger partial charge in [-0.25, -0.2) is 5.43 Å². The van der Waals surface area contributed by atoms with E-state index >= 15 is 0 Å². The van der Waals surface area contributed by atoms with E-state index in [0.717, 1.165) is 16.9 Å². The van der Waals surface area contributed by atoms with Crippen LogP contribution in [0.3, 0.4) is 0 Å². The summed E-state index contributed by atoms with van der Waals surface area (Å²) in [6.45, 7) is 2.42. The van der Waals surface area contributed by atoms with Gasteiger partial charge in [-0.05, 0) is 36.8 Å². The van der Waals surface area contributed by atoms with Gasteiger partial charge in [0.2, 0.25) is 11.0 Å². The second-order valence-corrected chi connectivity index (χ2v) is 8.64. The van der Waals surface area contributed by atoms with Gasteiger partial charge in [0, 0.05) is 15.6 Å². The first-order valence-corrected chi connectivity index (χ1v) is 11.2. The van der Waals surface area contributed by atoms with Gasteiger partial charge >= 0.3 is 0 Å². The Morgan fingerprint density at radius 3 is 2.69 bits per heavy atom. The second-order valence-electron chi connectivity index (χ2n) is 6.29. The number of nitrogens with two attached hydrogens (primary N) is 1. The lowest BCUT2D eigenvalue weighted by Gasteiger charge is -2.15. The molecule has 3 rings (SSSR count). The van der Waals surface area contributed by atoms with Gasteiger partial charge in [0.05, 0.1) is 24.3 Å². The maximum Gasteiger partial charge on any atom is 0.247 e. The quantitative estimate of drug-likeness (QED) is 0.315. The molecule has 3 aromatic rings. The van der Waals surface area contributed by atoms with Crippen LogP contribution in [0, 0.1) is 0 Å². The van der Waals surface area contributed by atoms with Crippen molar-refractivity contribution in [3.8, 4) is 11.5 Å². The molecule has 0 aliphatic rings. The first kappa shape index (κ1) is 24.1. The standard InChI is InChI=1S/C20H18Cl3N5O3S/c1-2-30-16-6-11(9-25-26-17(29)8-18-27-28-20(24)32-18)5-15(23)19(16)31-10-12-3-4-13(21)7-14(12)22/h3-7,9H,2,8,10H2,1H3,(H2,24,28)(H,26,29)/b25-9-. The number of ether oxygens (including phenoxy) is 2. The van der Waals surface area contributed by atoms with E-state index in [4.69, 9.17) is 50.0 Å². The van der Waals surface area contributed by atoms with E-state index in [1.165, 1.54) is 6.21 Å². The largest absolute Gasteiger partial charge is 0.490 e. The van der Waals surface area contributed by atoms with Gasteiger partial charge in [0.25, 0.3) is 0 Å². The number of hydrogen-bond donors (Lipinski definition) is 2. The molecule has 0 saturated carbocycles. The van der Waals surface area contributed by atoms with Crippen LogP contribution in [0.15, 0.2) is 35.4 Å². The molecule has 0 spiro atoms. The minimum Gasteiger partial charge on any atom is -0.490 e. The number of halogens is 3. The number of hydrazone groups is 1. The van der Waals surface area contributed by atoms with E-state index in [2.05, 4.69) is 20.7 Å². The molecule has 1 heterocycles. The molecule has 0 saturated heterocycles. The lowest BCUT2D eigenvalue weighted by atomic mass is 10.2. The molecule has 0 atom stereocenters. The summed E-state index contributed by atoms with van der Waals surface area (Å²) in [5.41, 5.74) is 9.28. The van der Waals surface area contributed by atoms with E-state index in [1.54, 1.807) is 30.3 Å². The van der Waals surface area contributed by atoms with Crippen LogP contribution < -0.4 is 20.6 Å². The van der Waals surface area contributed by atoms with Crippen molar-refractivity contribution in [2.24, 2.45) is 5.10 Å². The van der Waals surface area contributed by atoms with Crippen LogP contribution in [0.25, 0.3) is 0 Å². The van der Waals surface area contributed by atoms with E-state index in [9.17, 15) is 4.79 Å². The SMILES string of the molecule is CCOc1cc(/C=N\NC(=O)Cc2nnc(N)s2)cc(Cl)c1OCc1ccc(Cl)cc1Cl. The minimum absolute atomic E-state index is 0.0250. The summed E-state index contributed by atoms with van der Waals surface area (Å²) < 4.78 is 11.5. The molecule has 0 radical (unpaired) electrons. The van der Waals surface area contributed by atoms with Crippen LogP contribution in [-0.4, -0.2) is 28.9 Å². The number of aromatic nitrogens is 2.